The van der Waals surface area contributed by atoms with Crippen LogP contribution in [0, 0.1) is 6.92 Å². The number of ether oxygens (including phenoxy) is 1. The molecule has 1 aromatic heterocycles. The van der Waals surface area contributed by atoms with Gasteiger partial charge in [0.05, 0.1) is 12.2 Å². The number of aryl methyl sites for hydroxylation is 1. The number of nitrogens with one attached hydrogen (secondary N) is 1. The highest BCUT2D eigenvalue weighted by molar-refractivity contribution is 6.33. The molecule has 2 saturated heterocycles. The molecule has 7 heteroatoms. The third-order valence-corrected chi connectivity index (χ3v) is 7.80. The van der Waals surface area contributed by atoms with Crippen molar-refractivity contribution in [3.63, 3.8) is 0 Å². The molecule has 0 aliphatic carbocycles. The second-order valence-corrected chi connectivity index (χ2v) is 11.2. The number of hydrogen-bond acceptors (Lipinski definition) is 5. The number of morpholine rings is 1. The molecule has 3 heterocycles. The van der Waals surface area contributed by atoms with Gasteiger partial charge in [0.2, 0.25) is 0 Å². The molecule has 2 fully saturated rings. The second-order valence-electron chi connectivity index (χ2n) is 10.8. The molecule has 0 bridgehead atoms. The van der Waals surface area contributed by atoms with E-state index in [-0.39, 0.29) is 24.2 Å². The first kappa shape index (κ1) is 26.7. The summed E-state index contributed by atoms with van der Waals surface area (Å²) in [4.78, 5) is 22.5. The number of benzene rings is 2. The summed E-state index contributed by atoms with van der Waals surface area (Å²) < 4.78 is 5.84. The van der Waals surface area contributed by atoms with Crippen LogP contribution in [-0.2, 0) is 11.3 Å². The third-order valence-electron chi connectivity index (χ3n) is 7.47. The maximum atomic E-state index is 13.0. The lowest BCUT2D eigenvalue weighted by Crippen LogP contribution is -2.45. The van der Waals surface area contributed by atoms with Crippen molar-refractivity contribution in [1.82, 2.24) is 15.2 Å². The molecule has 0 spiro atoms. The normalized spacial score (nSPS) is 20.9. The van der Waals surface area contributed by atoms with Gasteiger partial charge in [-0.05, 0) is 69.0 Å². The fraction of sp³-hybridized carbons (Fsp3) is 0.419. The number of pyridine rings is 1. The zero-order valence-corrected chi connectivity index (χ0v) is 23.2. The Morgan fingerprint density at radius 2 is 1.74 bits per heavy atom. The summed E-state index contributed by atoms with van der Waals surface area (Å²) in [7, 11) is 0. The number of hydrogen-bond donors (Lipinski definition) is 1. The van der Waals surface area contributed by atoms with E-state index in [4.69, 9.17) is 21.3 Å². The first-order valence-corrected chi connectivity index (χ1v) is 14.0. The van der Waals surface area contributed by atoms with E-state index in [1.54, 1.807) is 6.07 Å². The van der Waals surface area contributed by atoms with Crippen LogP contribution >= 0.6 is 11.6 Å². The van der Waals surface area contributed by atoms with Crippen LogP contribution in [0.5, 0.6) is 0 Å². The lowest BCUT2D eigenvalue weighted by molar-refractivity contribution is -0.00546. The van der Waals surface area contributed by atoms with E-state index in [9.17, 15) is 4.79 Å². The van der Waals surface area contributed by atoms with Gasteiger partial charge < -0.3 is 15.0 Å². The van der Waals surface area contributed by atoms with Crippen molar-refractivity contribution >= 4 is 23.3 Å². The Balaban J connectivity index is 1.12. The van der Waals surface area contributed by atoms with Gasteiger partial charge in [0, 0.05) is 61.1 Å². The highest BCUT2D eigenvalue weighted by Crippen LogP contribution is 2.29. The second kappa shape index (κ2) is 11.9. The third kappa shape index (κ3) is 6.55. The van der Waals surface area contributed by atoms with Gasteiger partial charge in [0.25, 0.3) is 5.91 Å². The van der Waals surface area contributed by atoms with E-state index in [0.29, 0.717) is 10.6 Å². The number of carbonyl (C=O) groups is 1. The number of nitrogens with zero attached hydrogens (tertiary/aromatic N) is 3. The van der Waals surface area contributed by atoms with Gasteiger partial charge in [-0.3, -0.25) is 9.69 Å². The van der Waals surface area contributed by atoms with Crippen molar-refractivity contribution in [2.24, 2.45) is 0 Å². The molecule has 5 rings (SSSR count). The fourth-order valence-electron chi connectivity index (χ4n) is 5.45. The van der Waals surface area contributed by atoms with Crippen LogP contribution in [0.2, 0.25) is 5.02 Å². The summed E-state index contributed by atoms with van der Waals surface area (Å²) in [6.45, 7) is 10.8. The van der Waals surface area contributed by atoms with Crippen LogP contribution in [0.15, 0.2) is 60.8 Å². The monoisotopic (exact) mass is 532 g/mol. The fourth-order valence-corrected chi connectivity index (χ4v) is 5.67. The molecular formula is C31H37ClN4O2. The molecule has 0 radical (unpaired) electrons. The highest BCUT2D eigenvalue weighted by Gasteiger charge is 2.24. The van der Waals surface area contributed by atoms with Crippen LogP contribution in [0.25, 0.3) is 11.1 Å². The van der Waals surface area contributed by atoms with E-state index in [1.165, 1.54) is 11.1 Å². The molecule has 38 heavy (non-hydrogen) atoms. The van der Waals surface area contributed by atoms with Crippen molar-refractivity contribution in [1.29, 1.82) is 0 Å². The smallest absolute Gasteiger partial charge is 0.251 e. The van der Waals surface area contributed by atoms with Crippen molar-refractivity contribution in [3.8, 4) is 11.1 Å². The van der Waals surface area contributed by atoms with Crippen molar-refractivity contribution in [2.45, 2.75) is 58.4 Å². The van der Waals surface area contributed by atoms with Gasteiger partial charge in [-0.25, -0.2) is 4.98 Å². The van der Waals surface area contributed by atoms with E-state index < -0.39 is 0 Å². The topological polar surface area (TPSA) is 57.7 Å². The number of anilines is 1. The Labute approximate surface area is 231 Å². The Morgan fingerprint density at radius 3 is 2.39 bits per heavy atom. The molecule has 200 valence electrons. The average Bonchev–Trinajstić information content (AvgIpc) is 2.90. The van der Waals surface area contributed by atoms with Crippen molar-refractivity contribution in [3.05, 3.63) is 82.5 Å². The number of aromatic nitrogens is 1. The maximum Gasteiger partial charge on any atom is 0.251 e. The summed E-state index contributed by atoms with van der Waals surface area (Å²) in [6, 6.07) is 18.2. The van der Waals surface area contributed by atoms with Crippen LogP contribution in [0.1, 0.15) is 48.2 Å². The van der Waals surface area contributed by atoms with Crippen LogP contribution in [-0.4, -0.2) is 60.2 Å². The standard InChI is InChI=1S/C31H37ClN4O2/c1-21-4-7-25(8-5-21)28-16-26(9-10-29(28)32)31(37)34-27-12-14-35(15-13-27)20-24-6-11-30(33-17-24)36-18-22(2)38-23(3)19-36/h4-11,16-17,22-23,27H,12-15,18-20H2,1-3H3,(H,34,37). The van der Waals surface area contributed by atoms with Crippen LogP contribution in [0.4, 0.5) is 5.82 Å². The number of likely N-dealkylation sites (tertiary alicyclic amines) is 1. The van der Waals surface area contributed by atoms with Crippen LogP contribution in [0.3, 0.4) is 0 Å². The predicted octanol–water partition coefficient (Wildman–Crippen LogP) is 5.72. The van der Waals surface area contributed by atoms with Gasteiger partial charge >= 0.3 is 0 Å². The summed E-state index contributed by atoms with van der Waals surface area (Å²) in [6.07, 6.45) is 4.30. The molecule has 2 aliphatic rings. The summed E-state index contributed by atoms with van der Waals surface area (Å²) in [5.74, 6) is 0.977. The minimum atomic E-state index is -0.0417. The number of amides is 1. The highest BCUT2D eigenvalue weighted by atomic mass is 35.5. The Bertz CT molecular complexity index is 1230. The van der Waals surface area contributed by atoms with Gasteiger partial charge in [0.15, 0.2) is 0 Å². The van der Waals surface area contributed by atoms with Gasteiger partial charge in [0.1, 0.15) is 5.82 Å². The molecule has 6 nitrogen and oxygen atoms in total. The zero-order chi connectivity index (χ0) is 26.6. The van der Waals surface area contributed by atoms with E-state index in [0.717, 1.165) is 62.5 Å². The minimum absolute atomic E-state index is 0.0417. The van der Waals surface area contributed by atoms with Crippen molar-refractivity contribution < 1.29 is 9.53 Å². The van der Waals surface area contributed by atoms with Gasteiger partial charge in [-0.1, -0.05) is 47.5 Å². The number of halogens is 1. The Hall–Kier alpha value is -2.93. The number of rotatable bonds is 6. The van der Waals surface area contributed by atoms with Crippen LogP contribution < -0.4 is 10.2 Å². The molecule has 1 N–H and O–H groups in total. The molecule has 1 amide bonds. The van der Waals surface area contributed by atoms with Gasteiger partial charge in [-0.2, -0.15) is 0 Å². The molecule has 2 aliphatic heterocycles. The quantitative estimate of drug-likeness (QED) is 0.440. The van der Waals surface area contributed by atoms with Crippen molar-refractivity contribution in [2.75, 3.05) is 31.1 Å². The van der Waals surface area contributed by atoms with E-state index >= 15 is 0 Å². The molecule has 2 unspecified atom stereocenters. The number of carbonyl (C=O) groups excluding carboxylic acids is 1. The van der Waals surface area contributed by atoms with Gasteiger partial charge in [-0.15, -0.1) is 0 Å². The average molecular weight is 533 g/mol. The zero-order valence-electron chi connectivity index (χ0n) is 22.5. The lowest BCUT2D eigenvalue weighted by Gasteiger charge is -2.36. The SMILES string of the molecule is Cc1ccc(-c2cc(C(=O)NC3CCN(Cc4ccc(N5CC(C)OC(C)C5)nc4)CC3)ccc2Cl)cc1. The Kier molecular flexibility index (Phi) is 8.32. The summed E-state index contributed by atoms with van der Waals surface area (Å²) in [5, 5.41) is 3.89. The summed E-state index contributed by atoms with van der Waals surface area (Å²) in [5.41, 5.74) is 4.94. The Morgan fingerprint density at radius 1 is 1.03 bits per heavy atom. The number of piperidine rings is 1. The maximum absolute atomic E-state index is 13.0. The lowest BCUT2D eigenvalue weighted by atomic mass is 10.0. The minimum Gasteiger partial charge on any atom is -0.372 e. The van der Waals surface area contributed by atoms with E-state index in [1.807, 2.05) is 30.5 Å². The molecule has 0 saturated carbocycles. The summed E-state index contributed by atoms with van der Waals surface area (Å²) >= 11 is 6.46. The molecular weight excluding hydrogens is 496 g/mol. The molecule has 2 atom stereocenters. The predicted molar refractivity (Wildman–Crippen MR) is 154 cm³/mol. The first-order chi connectivity index (χ1) is 18.3. The van der Waals surface area contributed by atoms with E-state index in [2.05, 4.69) is 60.2 Å². The molecule has 3 aromatic rings. The first-order valence-electron chi connectivity index (χ1n) is 13.6. The largest absolute Gasteiger partial charge is 0.372 e. The molecule has 2 aromatic carbocycles.